The van der Waals surface area contributed by atoms with E-state index >= 15 is 0 Å². The molecule has 0 aromatic heterocycles. The second-order valence-corrected chi connectivity index (χ2v) is 6.27. The molecule has 0 radical (unpaired) electrons. The van der Waals surface area contributed by atoms with Crippen LogP contribution >= 0.6 is 0 Å². The van der Waals surface area contributed by atoms with Crippen LogP contribution in [0.25, 0.3) is 0 Å². The number of hydrogen-bond acceptors (Lipinski definition) is 4. The summed E-state index contributed by atoms with van der Waals surface area (Å²) in [5.74, 6) is 1.27. The summed E-state index contributed by atoms with van der Waals surface area (Å²) in [6.07, 6.45) is 0. The van der Waals surface area contributed by atoms with Crippen LogP contribution in [0.15, 0.2) is 23.4 Å². The van der Waals surface area contributed by atoms with E-state index in [4.69, 9.17) is 15.7 Å². The molecule has 1 rings (SSSR count). The minimum absolute atomic E-state index is 0.0484. The van der Waals surface area contributed by atoms with Gasteiger partial charge in [-0.3, -0.25) is 0 Å². The molecule has 21 heavy (non-hydrogen) atoms. The second kappa shape index (κ2) is 7.31. The van der Waals surface area contributed by atoms with Crippen LogP contribution in [0.2, 0.25) is 0 Å². The third kappa shape index (κ3) is 4.63. The first-order valence-corrected chi connectivity index (χ1v) is 7.17. The van der Waals surface area contributed by atoms with E-state index in [9.17, 15) is 0 Å². The fourth-order valence-corrected chi connectivity index (χ4v) is 1.84. The standard InChI is InChI=1S/C16H27N3O2/c1-11(2)16(3,4)10-18-9-12-6-7-13(15(17)19-20)14(8-12)21-5/h6-8,11,18,20H,9-10H2,1-5H3,(H2,17,19). The van der Waals surface area contributed by atoms with Crippen molar-refractivity contribution < 1.29 is 9.94 Å². The molecule has 118 valence electrons. The molecule has 0 aliphatic heterocycles. The summed E-state index contributed by atoms with van der Waals surface area (Å²) in [6.45, 7) is 10.7. The van der Waals surface area contributed by atoms with Gasteiger partial charge in [0.25, 0.3) is 0 Å². The third-order valence-electron chi connectivity index (χ3n) is 4.12. The maximum Gasteiger partial charge on any atom is 0.173 e. The van der Waals surface area contributed by atoms with Crippen molar-refractivity contribution in [2.45, 2.75) is 34.2 Å². The first kappa shape index (κ1) is 17.3. The Kier molecular flexibility index (Phi) is 6.03. The van der Waals surface area contributed by atoms with Gasteiger partial charge in [-0.05, 0) is 29.0 Å². The lowest BCUT2D eigenvalue weighted by Gasteiger charge is -2.29. The molecule has 0 heterocycles. The number of hydrogen-bond donors (Lipinski definition) is 3. The van der Waals surface area contributed by atoms with Crippen LogP contribution < -0.4 is 15.8 Å². The summed E-state index contributed by atoms with van der Waals surface area (Å²) in [7, 11) is 1.57. The fourth-order valence-electron chi connectivity index (χ4n) is 1.84. The molecule has 0 bridgehead atoms. The molecule has 0 aliphatic rings. The van der Waals surface area contributed by atoms with Crippen LogP contribution in [-0.2, 0) is 6.54 Å². The summed E-state index contributed by atoms with van der Waals surface area (Å²) >= 11 is 0. The van der Waals surface area contributed by atoms with Gasteiger partial charge in [0.2, 0.25) is 0 Å². The molecule has 0 spiro atoms. The molecule has 0 atom stereocenters. The highest BCUT2D eigenvalue weighted by Crippen LogP contribution is 2.25. The molecule has 0 fully saturated rings. The van der Waals surface area contributed by atoms with Crippen LogP contribution in [0.4, 0.5) is 0 Å². The average molecular weight is 293 g/mol. The Hall–Kier alpha value is -1.75. The highest BCUT2D eigenvalue weighted by atomic mass is 16.5. The summed E-state index contributed by atoms with van der Waals surface area (Å²) < 4.78 is 5.29. The number of methoxy groups -OCH3 is 1. The van der Waals surface area contributed by atoms with Crippen LogP contribution in [-0.4, -0.2) is 24.7 Å². The zero-order valence-electron chi connectivity index (χ0n) is 13.6. The molecular weight excluding hydrogens is 266 g/mol. The van der Waals surface area contributed by atoms with Crippen molar-refractivity contribution in [2.24, 2.45) is 22.2 Å². The molecule has 5 nitrogen and oxygen atoms in total. The lowest BCUT2D eigenvalue weighted by atomic mass is 9.81. The average Bonchev–Trinajstić information content (AvgIpc) is 2.45. The molecule has 1 aromatic carbocycles. The van der Waals surface area contributed by atoms with Crippen LogP contribution in [0, 0.1) is 11.3 Å². The first-order chi connectivity index (χ1) is 9.81. The molecule has 5 heteroatoms. The number of benzene rings is 1. The van der Waals surface area contributed by atoms with E-state index in [1.165, 1.54) is 0 Å². The maximum absolute atomic E-state index is 8.76. The van der Waals surface area contributed by atoms with Crippen molar-refractivity contribution in [1.29, 1.82) is 0 Å². The number of nitrogens with zero attached hydrogens (tertiary/aromatic N) is 1. The van der Waals surface area contributed by atoms with Gasteiger partial charge in [0.05, 0.1) is 12.7 Å². The molecule has 0 unspecified atom stereocenters. The van der Waals surface area contributed by atoms with Gasteiger partial charge < -0.3 is 21.0 Å². The zero-order valence-corrected chi connectivity index (χ0v) is 13.6. The topological polar surface area (TPSA) is 79.9 Å². The van der Waals surface area contributed by atoms with Crippen molar-refractivity contribution in [3.8, 4) is 5.75 Å². The van der Waals surface area contributed by atoms with E-state index in [2.05, 4.69) is 38.2 Å². The quantitative estimate of drug-likeness (QED) is 0.312. The van der Waals surface area contributed by atoms with Gasteiger partial charge in [-0.15, -0.1) is 0 Å². The van der Waals surface area contributed by atoms with E-state index in [1.54, 1.807) is 13.2 Å². The van der Waals surface area contributed by atoms with Gasteiger partial charge in [0.15, 0.2) is 5.84 Å². The van der Waals surface area contributed by atoms with Crippen LogP contribution in [0.3, 0.4) is 0 Å². The molecule has 1 aromatic rings. The Morgan fingerprint density at radius 1 is 1.43 bits per heavy atom. The Morgan fingerprint density at radius 3 is 2.62 bits per heavy atom. The number of nitrogens with two attached hydrogens (primary N) is 1. The maximum atomic E-state index is 8.76. The molecule has 0 saturated carbocycles. The van der Waals surface area contributed by atoms with Crippen molar-refractivity contribution >= 4 is 5.84 Å². The first-order valence-electron chi connectivity index (χ1n) is 7.17. The van der Waals surface area contributed by atoms with Crippen LogP contribution in [0.5, 0.6) is 5.75 Å². The summed E-state index contributed by atoms with van der Waals surface area (Å²) in [4.78, 5) is 0. The largest absolute Gasteiger partial charge is 0.496 e. The minimum Gasteiger partial charge on any atom is -0.496 e. The highest BCUT2D eigenvalue weighted by Gasteiger charge is 2.21. The summed E-state index contributed by atoms with van der Waals surface area (Å²) in [6, 6.07) is 5.66. The smallest absolute Gasteiger partial charge is 0.173 e. The fraction of sp³-hybridized carbons (Fsp3) is 0.562. The van der Waals surface area contributed by atoms with E-state index in [-0.39, 0.29) is 11.3 Å². The predicted molar refractivity (Wildman–Crippen MR) is 85.8 cm³/mol. The minimum atomic E-state index is 0.0484. The van der Waals surface area contributed by atoms with Gasteiger partial charge >= 0.3 is 0 Å². The normalized spacial score (nSPS) is 12.8. The lowest BCUT2D eigenvalue weighted by Crippen LogP contribution is -2.33. The van der Waals surface area contributed by atoms with E-state index in [0.29, 0.717) is 17.2 Å². The summed E-state index contributed by atoms with van der Waals surface area (Å²) in [5, 5.41) is 15.2. The Balaban J connectivity index is 2.74. The Bertz CT molecular complexity index is 496. The van der Waals surface area contributed by atoms with Gasteiger partial charge in [-0.2, -0.15) is 0 Å². The van der Waals surface area contributed by atoms with Gasteiger partial charge in [0.1, 0.15) is 5.75 Å². The molecule has 4 N–H and O–H groups in total. The van der Waals surface area contributed by atoms with Gasteiger partial charge in [-0.1, -0.05) is 38.9 Å². The molecule has 0 saturated heterocycles. The number of amidine groups is 1. The van der Waals surface area contributed by atoms with Crippen LogP contribution in [0.1, 0.15) is 38.8 Å². The van der Waals surface area contributed by atoms with Crippen molar-refractivity contribution in [3.05, 3.63) is 29.3 Å². The van der Waals surface area contributed by atoms with Gasteiger partial charge in [0, 0.05) is 13.1 Å². The number of oxime groups is 1. The predicted octanol–water partition coefficient (Wildman–Crippen LogP) is 2.56. The zero-order chi connectivity index (χ0) is 16.0. The molecule has 0 aliphatic carbocycles. The molecule has 0 amide bonds. The van der Waals surface area contributed by atoms with Gasteiger partial charge in [-0.25, -0.2) is 0 Å². The monoisotopic (exact) mass is 293 g/mol. The SMILES string of the molecule is COc1cc(CNCC(C)(C)C(C)C)ccc1/C(N)=N/O. The van der Waals surface area contributed by atoms with Crippen molar-refractivity contribution in [3.63, 3.8) is 0 Å². The summed E-state index contributed by atoms with van der Waals surface area (Å²) in [5.41, 5.74) is 7.55. The van der Waals surface area contributed by atoms with E-state index in [0.717, 1.165) is 18.7 Å². The number of rotatable bonds is 7. The molecular formula is C16H27N3O2. The Labute approximate surface area is 127 Å². The Morgan fingerprint density at radius 2 is 2.10 bits per heavy atom. The lowest BCUT2D eigenvalue weighted by molar-refractivity contribution is 0.238. The third-order valence-corrected chi connectivity index (χ3v) is 4.12. The van der Waals surface area contributed by atoms with E-state index in [1.807, 2.05) is 12.1 Å². The van der Waals surface area contributed by atoms with Crippen molar-refractivity contribution in [2.75, 3.05) is 13.7 Å². The second-order valence-electron chi connectivity index (χ2n) is 6.27. The number of ether oxygens (including phenoxy) is 1. The highest BCUT2D eigenvalue weighted by molar-refractivity contribution is 5.99. The van der Waals surface area contributed by atoms with E-state index < -0.39 is 0 Å². The van der Waals surface area contributed by atoms with Crippen molar-refractivity contribution in [1.82, 2.24) is 5.32 Å². The number of nitrogens with one attached hydrogen (secondary N) is 1.